The van der Waals surface area contributed by atoms with Crippen LogP contribution in [-0.4, -0.2) is 98.1 Å². The van der Waals surface area contributed by atoms with E-state index in [1.165, 1.54) is 0 Å². The number of ether oxygens (including phenoxy) is 2. The fourth-order valence-electron chi connectivity index (χ4n) is 4.89. The molecule has 2 aromatic rings. The second-order valence-electron chi connectivity index (χ2n) is 10.8. The minimum Gasteiger partial charge on any atom is -0.484 e. The quantitative estimate of drug-likeness (QED) is 0.398. The van der Waals surface area contributed by atoms with Crippen LogP contribution in [0.2, 0.25) is 0 Å². The summed E-state index contributed by atoms with van der Waals surface area (Å²) in [6, 6.07) is 14.0. The number of carbonyl (C=O) groups is 4. The Kier molecular flexibility index (Phi) is 11.3. The number of nitrogens with one attached hydrogen (secondary N) is 3. The Morgan fingerprint density at radius 1 is 1.05 bits per heavy atom. The van der Waals surface area contributed by atoms with Gasteiger partial charge in [0.1, 0.15) is 11.8 Å². The van der Waals surface area contributed by atoms with E-state index < -0.39 is 11.9 Å². The van der Waals surface area contributed by atoms with Gasteiger partial charge in [-0.05, 0) is 28.8 Å². The van der Waals surface area contributed by atoms with Gasteiger partial charge in [0, 0.05) is 45.2 Å². The fraction of sp³-hybridized carbons (Fsp3) is 0.484. The van der Waals surface area contributed by atoms with Crippen LogP contribution in [0.25, 0.3) is 0 Å². The Morgan fingerprint density at radius 3 is 2.48 bits per heavy atom. The SMILES string of the molecule is CC(C)NCCN1CC(=O)N[C@@H](Cc2ccc(OCC(=O)N3CCOCC3)cc2)C(=O)NCc2ccccc2CC1=O. The number of rotatable bonds is 9. The van der Waals surface area contributed by atoms with E-state index in [1.54, 1.807) is 21.9 Å². The normalized spacial score (nSPS) is 18.5. The zero-order valence-electron chi connectivity index (χ0n) is 24.4. The van der Waals surface area contributed by atoms with Crippen LogP contribution >= 0.6 is 0 Å². The van der Waals surface area contributed by atoms with Gasteiger partial charge in [-0.15, -0.1) is 0 Å². The molecule has 0 spiro atoms. The lowest BCUT2D eigenvalue weighted by Crippen LogP contribution is -2.52. The number of hydrogen-bond acceptors (Lipinski definition) is 7. The molecule has 4 rings (SSSR count). The second kappa shape index (κ2) is 15.3. The molecule has 11 heteroatoms. The number of nitrogens with zero attached hydrogens (tertiary/aromatic N) is 2. The summed E-state index contributed by atoms with van der Waals surface area (Å²) in [5.74, 6) is -0.412. The maximum absolute atomic E-state index is 13.3. The molecule has 42 heavy (non-hydrogen) atoms. The molecule has 0 unspecified atom stereocenters. The number of benzene rings is 2. The van der Waals surface area contributed by atoms with Gasteiger partial charge in [0.25, 0.3) is 5.91 Å². The van der Waals surface area contributed by atoms with Crippen LogP contribution in [0.3, 0.4) is 0 Å². The van der Waals surface area contributed by atoms with Gasteiger partial charge in [-0.3, -0.25) is 19.2 Å². The number of fused-ring (bicyclic) bond motifs is 1. The molecule has 226 valence electrons. The van der Waals surface area contributed by atoms with E-state index in [0.29, 0.717) is 45.1 Å². The summed E-state index contributed by atoms with van der Waals surface area (Å²) in [5, 5.41) is 9.06. The maximum Gasteiger partial charge on any atom is 0.260 e. The summed E-state index contributed by atoms with van der Waals surface area (Å²) >= 11 is 0. The average molecular weight is 580 g/mol. The minimum absolute atomic E-state index is 0.0657. The van der Waals surface area contributed by atoms with Crippen molar-refractivity contribution < 1.29 is 28.7 Å². The molecule has 1 atom stereocenters. The van der Waals surface area contributed by atoms with Crippen LogP contribution in [-0.2, 0) is 43.3 Å². The van der Waals surface area contributed by atoms with Gasteiger partial charge in [0.05, 0.1) is 26.2 Å². The molecule has 1 saturated heterocycles. The summed E-state index contributed by atoms with van der Waals surface area (Å²) in [7, 11) is 0. The summed E-state index contributed by atoms with van der Waals surface area (Å²) in [6.45, 7) is 7.18. The van der Waals surface area contributed by atoms with Crippen molar-refractivity contribution in [3.8, 4) is 5.75 Å². The first kappa shape index (κ1) is 31.0. The summed E-state index contributed by atoms with van der Waals surface area (Å²) in [4.78, 5) is 55.3. The monoisotopic (exact) mass is 579 g/mol. The van der Waals surface area contributed by atoms with Crippen molar-refractivity contribution in [3.05, 3.63) is 65.2 Å². The highest BCUT2D eigenvalue weighted by atomic mass is 16.5. The fourth-order valence-corrected chi connectivity index (χ4v) is 4.89. The van der Waals surface area contributed by atoms with Gasteiger partial charge in [0.15, 0.2) is 6.61 Å². The van der Waals surface area contributed by atoms with E-state index in [0.717, 1.165) is 16.7 Å². The van der Waals surface area contributed by atoms with Crippen LogP contribution in [0.4, 0.5) is 0 Å². The molecule has 3 N–H and O–H groups in total. The van der Waals surface area contributed by atoms with Gasteiger partial charge >= 0.3 is 0 Å². The highest BCUT2D eigenvalue weighted by Crippen LogP contribution is 2.16. The Bertz CT molecular complexity index is 1230. The summed E-state index contributed by atoms with van der Waals surface area (Å²) < 4.78 is 11.0. The van der Waals surface area contributed by atoms with Crippen LogP contribution in [0.1, 0.15) is 30.5 Å². The molecule has 11 nitrogen and oxygen atoms in total. The highest BCUT2D eigenvalue weighted by Gasteiger charge is 2.26. The molecule has 0 radical (unpaired) electrons. The summed E-state index contributed by atoms with van der Waals surface area (Å²) in [5.41, 5.74) is 2.49. The standard InChI is InChI=1S/C31H41N5O6/c1-22(2)32-11-12-36-20-28(37)34-27(31(40)33-19-25-6-4-3-5-24(25)18-29(36)38)17-23-7-9-26(10-8-23)42-21-30(39)35-13-15-41-16-14-35/h3-10,22,27,32H,11-21H2,1-2H3,(H,33,40)(H,34,37)/t27-/m0/s1. The van der Waals surface area contributed by atoms with E-state index in [9.17, 15) is 19.2 Å². The first-order valence-corrected chi connectivity index (χ1v) is 14.5. The van der Waals surface area contributed by atoms with Crippen molar-refractivity contribution in [1.82, 2.24) is 25.8 Å². The zero-order chi connectivity index (χ0) is 29.9. The third-order valence-electron chi connectivity index (χ3n) is 7.28. The smallest absolute Gasteiger partial charge is 0.260 e. The van der Waals surface area contributed by atoms with Crippen LogP contribution in [0.15, 0.2) is 48.5 Å². The first-order valence-electron chi connectivity index (χ1n) is 14.5. The second-order valence-corrected chi connectivity index (χ2v) is 10.8. The van der Waals surface area contributed by atoms with Crippen molar-refractivity contribution >= 4 is 23.6 Å². The van der Waals surface area contributed by atoms with Crippen LogP contribution < -0.4 is 20.7 Å². The average Bonchev–Trinajstić information content (AvgIpc) is 2.99. The van der Waals surface area contributed by atoms with Crippen molar-refractivity contribution in [2.75, 3.05) is 52.5 Å². The van der Waals surface area contributed by atoms with E-state index in [4.69, 9.17) is 9.47 Å². The van der Waals surface area contributed by atoms with Crippen molar-refractivity contribution in [1.29, 1.82) is 0 Å². The number of amides is 4. The van der Waals surface area contributed by atoms with Crippen molar-refractivity contribution in [2.24, 2.45) is 0 Å². The number of morpholine rings is 1. The third kappa shape index (κ3) is 9.28. The highest BCUT2D eigenvalue weighted by molar-refractivity contribution is 5.91. The van der Waals surface area contributed by atoms with Crippen molar-refractivity contribution in [3.63, 3.8) is 0 Å². The molecule has 0 saturated carbocycles. The first-order chi connectivity index (χ1) is 20.3. The van der Waals surface area contributed by atoms with Gasteiger partial charge in [0.2, 0.25) is 17.7 Å². The van der Waals surface area contributed by atoms with E-state index in [1.807, 2.05) is 50.2 Å². The van der Waals surface area contributed by atoms with Crippen molar-refractivity contribution in [2.45, 2.75) is 45.3 Å². The Balaban J connectivity index is 1.43. The lowest BCUT2D eigenvalue weighted by atomic mass is 10.0. The number of hydrogen-bond donors (Lipinski definition) is 3. The van der Waals surface area contributed by atoms with E-state index in [2.05, 4.69) is 16.0 Å². The predicted molar refractivity (Wildman–Crippen MR) is 157 cm³/mol. The largest absolute Gasteiger partial charge is 0.484 e. The summed E-state index contributed by atoms with van der Waals surface area (Å²) in [6.07, 6.45) is 0.395. The topological polar surface area (TPSA) is 129 Å². The van der Waals surface area contributed by atoms with Gasteiger partial charge in [-0.2, -0.15) is 0 Å². The van der Waals surface area contributed by atoms with E-state index in [-0.39, 0.29) is 56.3 Å². The van der Waals surface area contributed by atoms with Gasteiger partial charge in [-0.1, -0.05) is 50.2 Å². The van der Waals surface area contributed by atoms with Gasteiger partial charge in [-0.25, -0.2) is 0 Å². The Hall–Kier alpha value is -3.96. The molecule has 2 aliphatic heterocycles. The molecule has 4 amide bonds. The molecule has 2 aliphatic rings. The van der Waals surface area contributed by atoms with Crippen LogP contribution in [0.5, 0.6) is 5.75 Å². The Morgan fingerprint density at radius 2 is 1.76 bits per heavy atom. The molecule has 2 heterocycles. The number of carbonyl (C=O) groups excluding carboxylic acids is 4. The van der Waals surface area contributed by atoms with E-state index >= 15 is 0 Å². The lowest BCUT2D eigenvalue weighted by Gasteiger charge is -2.27. The Labute approximate surface area is 246 Å². The molecule has 0 aliphatic carbocycles. The van der Waals surface area contributed by atoms with Gasteiger partial charge < -0.3 is 35.2 Å². The molecule has 0 bridgehead atoms. The molecule has 0 aromatic heterocycles. The molecule has 1 fully saturated rings. The maximum atomic E-state index is 13.3. The zero-order valence-corrected chi connectivity index (χ0v) is 24.4. The molecule has 2 aromatic carbocycles. The van der Waals surface area contributed by atoms with Crippen LogP contribution in [0, 0.1) is 0 Å². The molecular formula is C31H41N5O6. The minimum atomic E-state index is -0.843. The third-order valence-corrected chi connectivity index (χ3v) is 7.28. The molecular weight excluding hydrogens is 538 g/mol. The predicted octanol–water partition coefficient (Wildman–Crippen LogP) is 0.651. The lowest BCUT2D eigenvalue weighted by molar-refractivity contribution is -0.137.